The molecular formula is C34H39N3O4S. The van der Waals surface area contributed by atoms with Crippen LogP contribution in [0.1, 0.15) is 30.4 Å². The number of ether oxygens (including phenoxy) is 2. The molecule has 0 spiro atoms. The van der Waals surface area contributed by atoms with Gasteiger partial charge in [-0.1, -0.05) is 30.3 Å². The molecular weight excluding hydrogens is 546 g/mol. The number of carbonyl (C=O) groups excluding carboxylic acids is 2. The minimum atomic E-state index is -0.155. The van der Waals surface area contributed by atoms with Crippen LogP contribution in [0, 0.1) is 0 Å². The minimum Gasteiger partial charge on any atom is -0.493 e. The Morgan fingerprint density at radius 3 is 2.52 bits per heavy atom. The van der Waals surface area contributed by atoms with E-state index in [0.29, 0.717) is 31.2 Å². The molecule has 0 aromatic heterocycles. The fourth-order valence-electron chi connectivity index (χ4n) is 5.46. The Morgan fingerprint density at radius 1 is 1.07 bits per heavy atom. The van der Waals surface area contributed by atoms with Crippen LogP contribution in [0.5, 0.6) is 5.75 Å². The largest absolute Gasteiger partial charge is 0.493 e. The summed E-state index contributed by atoms with van der Waals surface area (Å²) in [7, 11) is 2.16. The van der Waals surface area contributed by atoms with Gasteiger partial charge in [-0.25, -0.2) is 0 Å². The van der Waals surface area contributed by atoms with Gasteiger partial charge >= 0.3 is 0 Å². The number of anilines is 2. The number of nitrogens with one attached hydrogen (secondary N) is 1. The molecule has 5 rings (SSSR count). The lowest BCUT2D eigenvalue weighted by atomic mass is 10.00. The molecule has 7 nitrogen and oxygen atoms in total. The first kappa shape index (κ1) is 29.9. The molecule has 3 aromatic carbocycles. The topological polar surface area (TPSA) is 71.1 Å². The van der Waals surface area contributed by atoms with Crippen LogP contribution in [0.3, 0.4) is 0 Å². The zero-order valence-corrected chi connectivity index (χ0v) is 25.2. The van der Waals surface area contributed by atoms with Gasteiger partial charge in [-0.3, -0.25) is 14.5 Å². The van der Waals surface area contributed by atoms with Crippen molar-refractivity contribution in [2.75, 3.05) is 55.6 Å². The quantitative estimate of drug-likeness (QED) is 0.217. The molecule has 1 saturated heterocycles. The predicted octanol–water partition coefficient (Wildman–Crippen LogP) is 6.09. The molecule has 2 amide bonds. The molecule has 3 aromatic rings. The molecule has 0 bridgehead atoms. The SMILES string of the molecule is CSCCOc1ccc(-c2ccc3c(c2)C=C(C(=O)Nc2ccc(CN(C)C4CCOCC4)cc2)CCN3C=O)cc1. The summed E-state index contributed by atoms with van der Waals surface area (Å²) < 4.78 is 11.3. The Kier molecular flexibility index (Phi) is 10.3. The zero-order chi connectivity index (χ0) is 29.3. The number of hydrogen-bond acceptors (Lipinski definition) is 6. The van der Waals surface area contributed by atoms with E-state index in [1.807, 2.05) is 60.7 Å². The van der Waals surface area contributed by atoms with Gasteiger partial charge in [-0.2, -0.15) is 11.8 Å². The standard InChI is InChI=1S/C34H39N3O4S/c1-36(31-14-17-40-18-15-31)23-25-3-8-30(9-4-25)35-34(39)28-13-16-37(24-38)33-12-7-27(21-29(33)22-28)26-5-10-32(11-6-26)41-19-20-42-2/h3-12,21-22,24,31H,13-20,23H2,1-2H3,(H,35,39). The Labute approximate surface area is 252 Å². The van der Waals surface area contributed by atoms with E-state index in [-0.39, 0.29) is 5.91 Å². The number of fused-ring (bicyclic) bond motifs is 1. The van der Waals surface area contributed by atoms with Crippen LogP contribution in [0.25, 0.3) is 17.2 Å². The van der Waals surface area contributed by atoms with Crippen LogP contribution in [0.4, 0.5) is 11.4 Å². The van der Waals surface area contributed by atoms with Gasteiger partial charge in [0.05, 0.1) is 12.3 Å². The maximum atomic E-state index is 13.4. The summed E-state index contributed by atoms with van der Waals surface area (Å²) >= 11 is 1.75. The second-order valence-electron chi connectivity index (χ2n) is 10.8. The summed E-state index contributed by atoms with van der Waals surface area (Å²) in [4.78, 5) is 29.4. The average molecular weight is 586 g/mol. The third-order valence-corrected chi connectivity index (χ3v) is 8.48. The minimum absolute atomic E-state index is 0.155. The summed E-state index contributed by atoms with van der Waals surface area (Å²) in [6.07, 6.45) is 7.40. The van der Waals surface area contributed by atoms with Gasteiger partial charge in [-0.15, -0.1) is 0 Å². The van der Waals surface area contributed by atoms with Gasteiger partial charge in [-0.05, 0) is 97.3 Å². The Balaban J connectivity index is 1.28. The van der Waals surface area contributed by atoms with Crippen LogP contribution in [-0.4, -0.2) is 68.7 Å². The van der Waals surface area contributed by atoms with Crippen molar-refractivity contribution in [3.8, 4) is 16.9 Å². The number of benzene rings is 3. The van der Waals surface area contributed by atoms with Gasteiger partial charge in [0, 0.05) is 49.4 Å². The summed E-state index contributed by atoms with van der Waals surface area (Å²) in [5.41, 5.74) is 6.29. The summed E-state index contributed by atoms with van der Waals surface area (Å²) in [6.45, 7) is 3.63. The van der Waals surface area contributed by atoms with Gasteiger partial charge < -0.3 is 19.7 Å². The first-order valence-corrected chi connectivity index (χ1v) is 15.9. The van der Waals surface area contributed by atoms with Crippen molar-refractivity contribution in [1.82, 2.24) is 4.90 Å². The lowest BCUT2D eigenvalue weighted by Gasteiger charge is -2.31. The van der Waals surface area contributed by atoms with Crippen molar-refractivity contribution in [2.24, 2.45) is 0 Å². The van der Waals surface area contributed by atoms with E-state index in [4.69, 9.17) is 9.47 Å². The molecule has 1 fully saturated rings. The Hall–Kier alpha value is -3.59. The molecule has 0 radical (unpaired) electrons. The lowest BCUT2D eigenvalue weighted by molar-refractivity contribution is -0.113. The van der Waals surface area contributed by atoms with Crippen LogP contribution < -0.4 is 15.0 Å². The molecule has 2 aliphatic heterocycles. The highest BCUT2D eigenvalue weighted by Gasteiger charge is 2.21. The molecule has 0 atom stereocenters. The molecule has 2 heterocycles. The van der Waals surface area contributed by atoms with Crippen LogP contribution in [0.2, 0.25) is 0 Å². The summed E-state index contributed by atoms with van der Waals surface area (Å²) in [5.74, 6) is 1.63. The molecule has 8 heteroatoms. The van der Waals surface area contributed by atoms with E-state index in [9.17, 15) is 9.59 Å². The van der Waals surface area contributed by atoms with E-state index in [0.717, 1.165) is 78.6 Å². The fourth-order valence-corrected chi connectivity index (χ4v) is 5.71. The van der Waals surface area contributed by atoms with E-state index < -0.39 is 0 Å². The number of thioether (sulfide) groups is 1. The van der Waals surface area contributed by atoms with Crippen molar-refractivity contribution in [1.29, 1.82) is 0 Å². The molecule has 42 heavy (non-hydrogen) atoms. The Morgan fingerprint density at radius 2 is 1.81 bits per heavy atom. The van der Waals surface area contributed by atoms with Gasteiger partial charge in [0.25, 0.3) is 5.91 Å². The molecule has 1 N–H and O–H groups in total. The summed E-state index contributed by atoms with van der Waals surface area (Å²) in [6, 6.07) is 22.6. The van der Waals surface area contributed by atoms with Crippen molar-refractivity contribution < 1.29 is 19.1 Å². The molecule has 2 aliphatic rings. The lowest BCUT2D eigenvalue weighted by Crippen LogP contribution is -2.36. The average Bonchev–Trinajstić information content (AvgIpc) is 3.22. The van der Waals surface area contributed by atoms with Gasteiger partial charge in [0.15, 0.2) is 0 Å². The predicted molar refractivity (Wildman–Crippen MR) is 172 cm³/mol. The number of hydrogen-bond donors (Lipinski definition) is 1. The van der Waals surface area contributed by atoms with E-state index in [2.05, 4.69) is 35.7 Å². The van der Waals surface area contributed by atoms with Gasteiger partial charge in [0.1, 0.15) is 5.75 Å². The normalized spacial score (nSPS) is 15.5. The molecule has 220 valence electrons. The number of amides is 2. The van der Waals surface area contributed by atoms with Gasteiger partial charge in [0.2, 0.25) is 6.41 Å². The third-order valence-electron chi connectivity index (χ3n) is 7.91. The van der Waals surface area contributed by atoms with Crippen LogP contribution in [0.15, 0.2) is 72.3 Å². The van der Waals surface area contributed by atoms with Crippen molar-refractivity contribution in [3.63, 3.8) is 0 Å². The first-order chi connectivity index (χ1) is 20.5. The van der Waals surface area contributed by atoms with Crippen molar-refractivity contribution in [3.05, 3.63) is 83.4 Å². The first-order valence-electron chi connectivity index (χ1n) is 14.5. The second kappa shape index (κ2) is 14.5. The highest BCUT2D eigenvalue weighted by atomic mass is 32.2. The summed E-state index contributed by atoms with van der Waals surface area (Å²) in [5, 5.41) is 3.06. The van der Waals surface area contributed by atoms with E-state index >= 15 is 0 Å². The van der Waals surface area contributed by atoms with E-state index in [1.165, 1.54) is 5.56 Å². The molecule has 0 aliphatic carbocycles. The smallest absolute Gasteiger partial charge is 0.251 e. The number of carbonyl (C=O) groups is 2. The number of rotatable bonds is 11. The van der Waals surface area contributed by atoms with Crippen molar-refractivity contribution in [2.45, 2.75) is 31.8 Å². The molecule has 0 saturated carbocycles. The van der Waals surface area contributed by atoms with Crippen LogP contribution in [-0.2, 0) is 20.9 Å². The number of nitrogens with zero attached hydrogens (tertiary/aromatic N) is 2. The van der Waals surface area contributed by atoms with E-state index in [1.54, 1.807) is 16.7 Å². The maximum Gasteiger partial charge on any atom is 0.251 e. The highest BCUT2D eigenvalue weighted by Crippen LogP contribution is 2.33. The van der Waals surface area contributed by atoms with Crippen molar-refractivity contribution >= 4 is 41.5 Å². The Bertz CT molecular complexity index is 1380. The fraction of sp³-hybridized carbons (Fsp3) is 0.353. The zero-order valence-electron chi connectivity index (χ0n) is 24.4. The third kappa shape index (κ3) is 7.62. The monoisotopic (exact) mass is 585 g/mol. The second-order valence-corrected chi connectivity index (χ2v) is 11.8. The highest BCUT2D eigenvalue weighted by molar-refractivity contribution is 7.98. The molecule has 0 unspecified atom stereocenters. The van der Waals surface area contributed by atoms with Crippen LogP contribution >= 0.6 is 11.8 Å². The maximum absolute atomic E-state index is 13.4.